The molecule has 63 heavy (non-hydrogen) atoms. The number of sulfonamides is 1. The molecule has 6 N–H and O–H groups in total. The third-order valence-electron chi connectivity index (χ3n) is 11.7. The van der Waals surface area contributed by atoms with E-state index in [1.165, 1.54) is 33.6 Å². The molecule has 2 fully saturated rings. The third-order valence-corrected chi connectivity index (χ3v) is 13.6. The van der Waals surface area contributed by atoms with Crippen molar-refractivity contribution in [3.05, 3.63) is 124 Å². The van der Waals surface area contributed by atoms with E-state index in [0.717, 1.165) is 32.2 Å². The lowest BCUT2D eigenvalue weighted by Crippen LogP contribution is -2.48. The van der Waals surface area contributed by atoms with E-state index in [1.807, 2.05) is 26.0 Å². The summed E-state index contributed by atoms with van der Waals surface area (Å²) in [5.41, 5.74) is 4.00. The number of hydrogen-bond acceptors (Lipinski definition) is 9. The van der Waals surface area contributed by atoms with Crippen LogP contribution in [-0.4, -0.2) is 97.7 Å². The van der Waals surface area contributed by atoms with Crippen LogP contribution in [0.4, 0.5) is 37.1 Å². The largest absolute Gasteiger partial charge is 0.372 e. The Balaban J connectivity index is 0.808. The van der Waals surface area contributed by atoms with Crippen LogP contribution in [-0.2, 0) is 27.6 Å². The van der Waals surface area contributed by atoms with Crippen LogP contribution in [0.2, 0.25) is 0 Å². The Morgan fingerprint density at radius 3 is 2.16 bits per heavy atom. The van der Waals surface area contributed by atoms with Gasteiger partial charge in [-0.25, -0.2) is 22.8 Å². The maximum absolute atomic E-state index is 13.8. The smallest absolute Gasteiger partial charge is 0.319 e. The maximum Gasteiger partial charge on any atom is 0.319 e. The third kappa shape index (κ3) is 11.9. The first-order chi connectivity index (χ1) is 30.2. The van der Waals surface area contributed by atoms with Crippen LogP contribution in [0.15, 0.2) is 102 Å². The number of nitro benzene ring substituents is 1. The van der Waals surface area contributed by atoms with Gasteiger partial charge in [0, 0.05) is 67.5 Å². The molecule has 3 aliphatic rings. The molecule has 0 radical (unpaired) electrons. The summed E-state index contributed by atoms with van der Waals surface area (Å²) in [6.45, 7) is 6.83. The predicted molar refractivity (Wildman–Crippen MR) is 240 cm³/mol. The maximum atomic E-state index is 13.8. The van der Waals surface area contributed by atoms with Crippen molar-refractivity contribution in [1.29, 1.82) is 0 Å². The minimum absolute atomic E-state index is 0.0471. The lowest BCUT2D eigenvalue weighted by Gasteiger charge is -2.26. The molecule has 0 aromatic heterocycles. The number of non-ortho nitro benzene ring substituents is 1. The Kier molecular flexibility index (Phi) is 14.2. The summed E-state index contributed by atoms with van der Waals surface area (Å²) in [5, 5.41) is 28.4. The van der Waals surface area contributed by atoms with Crippen LogP contribution in [0.3, 0.4) is 0 Å². The second-order valence-corrected chi connectivity index (χ2v) is 18.6. The Bertz CT molecular complexity index is 2370. The summed E-state index contributed by atoms with van der Waals surface area (Å²) in [4.78, 5) is 51.5. The van der Waals surface area contributed by atoms with Crippen molar-refractivity contribution >= 4 is 50.9 Å². The molecule has 7 rings (SSSR count). The number of fused-ring (bicyclic) bond motifs is 1. The number of carbonyl (C=O) groups excluding carboxylic acids is 3. The van der Waals surface area contributed by atoms with Gasteiger partial charge in [-0.1, -0.05) is 49.4 Å². The zero-order valence-electron chi connectivity index (χ0n) is 35.5. The van der Waals surface area contributed by atoms with Gasteiger partial charge in [0.2, 0.25) is 10.0 Å². The molecular formula is C45H55N9O8S. The summed E-state index contributed by atoms with van der Waals surface area (Å²) >= 11 is 0. The minimum Gasteiger partial charge on any atom is -0.372 e. The van der Waals surface area contributed by atoms with Gasteiger partial charge in [0.1, 0.15) is 0 Å². The molecule has 6 amide bonds. The number of urea groups is 3. The van der Waals surface area contributed by atoms with E-state index in [-0.39, 0.29) is 28.8 Å². The fourth-order valence-electron chi connectivity index (χ4n) is 8.56. The molecule has 0 bridgehead atoms. The summed E-state index contributed by atoms with van der Waals surface area (Å²) in [5.74, 6) is 0. The van der Waals surface area contributed by atoms with Crippen LogP contribution in [0.5, 0.6) is 0 Å². The first-order valence-electron chi connectivity index (χ1n) is 21.4. The zero-order chi connectivity index (χ0) is 44.6. The van der Waals surface area contributed by atoms with E-state index in [0.29, 0.717) is 68.2 Å². The molecule has 3 atom stereocenters. The van der Waals surface area contributed by atoms with Crippen molar-refractivity contribution in [1.82, 2.24) is 25.2 Å². The summed E-state index contributed by atoms with van der Waals surface area (Å²) in [7, 11) is -3.81. The van der Waals surface area contributed by atoms with Crippen LogP contribution >= 0.6 is 0 Å². The Hall–Kier alpha value is -6.08. The number of amides is 6. The number of nitrogens with zero attached hydrogens (tertiary/aromatic N) is 3. The number of carbonyl (C=O) groups is 3. The minimum atomic E-state index is -3.81. The monoisotopic (exact) mass is 881 g/mol. The van der Waals surface area contributed by atoms with Crippen LogP contribution < -0.4 is 31.9 Å². The van der Waals surface area contributed by atoms with Crippen molar-refractivity contribution in [3.63, 3.8) is 0 Å². The van der Waals surface area contributed by atoms with E-state index >= 15 is 0 Å². The van der Waals surface area contributed by atoms with Crippen molar-refractivity contribution in [3.8, 4) is 0 Å². The Morgan fingerprint density at radius 1 is 0.794 bits per heavy atom. The molecular weight excluding hydrogens is 827 g/mol. The highest BCUT2D eigenvalue weighted by molar-refractivity contribution is 7.89. The Labute approximate surface area is 367 Å². The van der Waals surface area contributed by atoms with Gasteiger partial charge in [0.15, 0.2) is 0 Å². The standard InChI is InChI=1S/C45H55N9O8S/c1-3-41(31-11-6-13-37(25-31)54(58)59)50-43(56)48-35-17-15-34(16-18-35)47-42(55)46-29-38-19-20-39(62-38)30-52-21-8-22-53(24-23-52)63(60,61)40-14-7-12-36(26-40)49-44(57)51-45(2)27-32-9-4-5-10-33(32)28-45/h4-7,9-18,25-26,38-39,41H,3,8,19-24,27-30H2,1-2H3,(H2,46,47,55)(H2,48,50,56)(H2,49,51,57)/t38?,39?,41-/m1/s1. The van der Waals surface area contributed by atoms with E-state index in [4.69, 9.17) is 4.74 Å². The molecule has 4 aromatic carbocycles. The van der Waals surface area contributed by atoms with Gasteiger partial charge in [-0.05, 0) is 111 Å². The zero-order valence-corrected chi connectivity index (χ0v) is 36.3. The molecule has 4 aromatic rings. The number of ether oxygens (including phenoxy) is 1. The molecule has 18 heteroatoms. The normalized spacial score (nSPS) is 19.2. The quantitative estimate of drug-likeness (QED) is 0.0593. The number of anilines is 3. The number of nitrogens with one attached hydrogen (secondary N) is 6. The average molecular weight is 882 g/mol. The fraction of sp³-hybridized carbons (Fsp3) is 0.400. The number of nitro groups is 1. The SMILES string of the molecule is CC[C@@H](NC(=O)Nc1ccc(NC(=O)NCC2CCC(CN3CCCN(S(=O)(=O)c4cccc(NC(=O)NC5(C)Cc6ccccc6C5)c4)CC3)O2)cc1)c1cccc([N+](=O)[O-])c1. The summed E-state index contributed by atoms with van der Waals surface area (Å²) < 4.78 is 35.4. The highest BCUT2D eigenvalue weighted by Crippen LogP contribution is 2.30. The highest BCUT2D eigenvalue weighted by atomic mass is 32.2. The lowest BCUT2D eigenvalue weighted by molar-refractivity contribution is -0.384. The van der Waals surface area contributed by atoms with Gasteiger partial charge >= 0.3 is 18.1 Å². The van der Waals surface area contributed by atoms with Crippen LogP contribution in [0.25, 0.3) is 0 Å². The van der Waals surface area contributed by atoms with Crippen LogP contribution in [0.1, 0.15) is 62.3 Å². The number of rotatable bonds is 14. The van der Waals surface area contributed by atoms with Crippen molar-refractivity contribution in [2.24, 2.45) is 0 Å². The lowest BCUT2D eigenvalue weighted by atomic mass is 9.99. The van der Waals surface area contributed by atoms with Crippen LogP contribution in [0, 0.1) is 10.1 Å². The van der Waals surface area contributed by atoms with Gasteiger partial charge in [-0.3, -0.25) is 15.0 Å². The summed E-state index contributed by atoms with van der Waals surface area (Å²) in [6.07, 6.45) is 4.02. The van der Waals surface area contributed by atoms with E-state index in [9.17, 15) is 32.9 Å². The number of benzene rings is 4. The molecule has 334 valence electrons. The molecule has 1 aliphatic carbocycles. The summed E-state index contributed by atoms with van der Waals surface area (Å²) in [6, 6.07) is 25.7. The second kappa shape index (κ2) is 20.0. The highest BCUT2D eigenvalue weighted by Gasteiger charge is 2.35. The molecule has 2 aliphatic heterocycles. The van der Waals surface area contributed by atoms with E-state index in [1.54, 1.807) is 54.6 Å². The van der Waals surface area contributed by atoms with E-state index in [2.05, 4.69) is 48.9 Å². The topological polar surface area (TPSA) is 216 Å². The molecule has 2 unspecified atom stereocenters. The predicted octanol–water partition coefficient (Wildman–Crippen LogP) is 6.61. The van der Waals surface area contributed by atoms with Crippen molar-refractivity contribution in [2.75, 3.05) is 55.2 Å². The van der Waals surface area contributed by atoms with Gasteiger partial charge in [0.25, 0.3) is 5.69 Å². The Morgan fingerprint density at radius 2 is 1.46 bits per heavy atom. The first-order valence-corrected chi connectivity index (χ1v) is 22.8. The fourth-order valence-corrected chi connectivity index (χ4v) is 10.1. The second-order valence-electron chi connectivity index (χ2n) is 16.6. The molecule has 2 heterocycles. The molecule has 0 spiro atoms. The molecule has 0 saturated carbocycles. The van der Waals surface area contributed by atoms with Gasteiger partial charge < -0.3 is 36.6 Å². The van der Waals surface area contributed by atoms with Crippen molar-refractivity contribution < 1.29 is 32.5 Å². The van der Waals surface area contributed by atoms with Gasteiger partial charge in [0.05, 0.1) is 28.1 Å². The van der Waals surface area contributed by atoms with E-state index < -0.39 is 38.6 Å². The first kappa shape index (κ1) is 45.0. The molecule has 2 saturated heterocycles. The van der Waals surface area contributed by atoms with Gasteiger partial charge in [-0.15, -0.1) is 0 Å². The van der Waals surface area contributed by atoms with Gasteiger partial charge in [-0.2, -0.15) is 4.31 Å². The number of hydrogen-bond donors (Lipinski definition) is 6. The average Bonchev–Trinajstić information content (AvgIpc) is 3.76. The molecule has 17 nitrogen and oxygen atoms in total. The van der Waals surface area contributed by atoms with Crippen molar-refractivity contribution in [2.45, 2.75) is 81.1 Å².